The number of hydrogen-bond acceptors (Lipinski definition) is 4. The van der Waals surface area contributed by atoms with Crippen LogP contribution in [0, 0.1) is 0 Å². The molecule has 0 unspecified atom stereocenters. The van der Waals surface area contributed by atoms with Crippen molar-refractivity contribution in [3.63, 3.8) is 0 Å². The number of fused-ring (bicyclic) bond motifs is 7. The molecule has 7 aromatic carbocycles. The lowest BCUT2D eigenvalue weighted by molar-refractivity contribution is 0.332. The van der Waals surface area contributed by atoms with Crippen molar-refractivity contribution in [2.45, 2.75) is 130 Å². The number of rotatable bonds is 5. The highest BCUT2D eigenvalue weighted by molar-refractivity contribution is 7.33. The summed E-state index contributed by atoms with van der Waals surface area (Å²) in [6.07, 6.45) is 2.34. The fourth-order valence-electron chi connectivity index (χ4n) is 11.5. The van der Waals surface area contributed by atoms with Crippen LogP contribution in [0.2, 0.25) is 0 Å². The summed E-state index contributed by atoms with van der Waals surface area (Å²) in [5.74, 6) is 0. The van der Waals surface area contributed by atoms with Crippen molar-refractivity contribution in [1.29, 1.82) is 0 Å². The van der Waals surface area contributed by atoms with Gasteiger partial charge >= 0.3 is 0 Å². The molecule has 1 aliphatic carbocycles. The van der Waals surface area contributed by atoms with E-state index in [2.05, 4.69) is 256 Å². The van der Waals surface area contributed by atoms with Gasteiger partial charge in [-0.1, -0.05) is 169 Å². The van der Waals surface area contributed by atoms with Gasteiger partial charge in [0, 0.05) is 54.7 Å². The monoisotopic (exact) mass is 922 g/mol. The number of thiophene rings is 1. The zero-order valence-corrected chi connectivity index (χ0v) is 44.0. The van der Waals surface area contributed by atoms with E-state index < -0.39 is 0 Å². The highest BCUT2D eigenvalue weighted by Crippen LogP contribution is 2.53. The molecule has 3 heterocycles. The van der Waals surface area contributed by atoms with Crippen LogP contribution in [-0.4, -0.2) is 6.71 Å². The Kier molecular flexibility index (Phi) is 10.4. The van der Waals surface area contributed by atoms with Crippen LogP contribution in [0.1, 0.15) is 131 Å². The second-order valence-electron chi connectivity index (χ2n) is 24.6. The van der Waals surface area contributed by atoms with Crippen LogP contribution >= 0.6 is 11.3 Å². The molecule has 0 spiro atoms. The van der Waals surface area contributed by atoms with Gasteiger partial charge < -0.3 is 14.7 Å². The third kappa shape index (κ3) is 7.53. The summed E-state index contributed by atoms with van der Waals surface area (Å²) in [4.78, 5) is 7.74. The summed E-state index contributed by atoms with van der Waals surface area (Å²) in [5, 5.41) is 1.31. The zero-order valence-electron chi connectivity index (χ0n) is 43.2. The highest BCUT2D eigenvalue weighted by Gasteiger charge is 2.47. The second-order valence-corrected chi connectivity index (χ2v) is 25.7. The SMILES string of the molecule is CC(C)(C)c1ccc(N2c3ccc(C(C)(C)C)cc3B3c4sc5cc(C(C)(C)C)ccc5c4N(c4ccc5c(c4)C(C)(C)CCC5(C)C)c4cc(N(c5ccccc5)c5ccccc5)cc2c43)cc1. The maximum absolute atomic E-state index is 2.69. The van der Waals surface area contributed by atoms with E-state index >= 15 is 0 Å². The van der Waals surface area contributed by atoms with Crippen molar-refractivity contribution in [2.75, 3.05) is 14.7 Å². The standard InChI is InChI=1S/C64H68BN3S/c1-60(2,3)41-24-28-46(29-25-41)67-53-33-27-42(61(4,5)6)36-52(53)65-57-54(67)39-48(66(44-20-16-14-17-21-44)45-22-18-15-19-23-45)40-55(57)68(47-30-32-50-51(38-47)64(12,13)35-34-63(50,10)11)58-49-31-26-43(62(7,8)9)37-56(49)69-59(58)65/h14-33,36-40H,34-35H2,1-13H3. The van der Waals surface area contributed by atoms with E-state index in [1.165, 1.54) is 88.5 Å². The summed E-state index contributed by atoms with van der Waals surface area (Å²) >= 11 is 2.01. The van der Waals surface area contributed by atoms with Gasteiger partial charge in [0.15, 0.2) is 0 Å². The molecule has 69 heavy (non-hydrogen) atoms. The first-order chi connectivity index (χ1) is 32.6. The maximum Gasteiger partial charge on any atom is 0.264 e. The van der Waals surface area contributed by atoms with Gasteiger partial charge in [-0.25, -0.2) is 0 Å². The van der Waals surface area contributed by atoms with E-state index in [9.17, 15) is 0 Å². The van der Waals surface area contributed by atoms with E-state index in [4.69, 9.17) is 0 Å². The summed E-state index contributed by atoms with van der Waals surface area (Å²) in [5.41, 5.74) is 20.6. The maximum atomic E-state index is 2.69. The molecule has 2 aliphatic heterocycles. The minimum absolute atomic E-state index is 0.00286. The summed E-state index contributed by atoms with van der Waals surface area (Å²) < 4.78 is 2.75. The Hall–Kier alpha value is -6.04. The van der Waals surface area contributed by atoms with Gasteiger partial charge in [0.2, 0.25) is 0 Å². The first-order valence-corrected chi connectivity index (χ1v) is 26.1. The Labute approximate surface area is 416 Å². The average Bonchev–Trinajstić information content (AvgIpc) is 3.69. The quantitative estimate of drug-likeness (QED) is 0.159. The average molecular weight is 922 g/mol. The van der Waals surface area contributed by atoms with E-state index in [1.807, 2.05) is 11.3 Å². The third-order valence-corrected chi connectivity index (χ3v) is 17.0. The van der Waals surface area contributed by atoms with Crippen LogP contribution in [0.25, 0.3) is 10.1 Å². The molecular weight excluding hydrogens is 854 g/mol. The van der Waals surface area contributed by atoms with Gasteiger partial charge in [-0.15, -0.1) is 11.3 Å². The predicted octanol–water partition coefficient (Wildman–Crippen LogP) is 16.7. The van der Waals surface area contributed by atoms with Crippen molar-refractivity contribution in [2.24, 2.45) is 0 Å². The van der Waals surface area contributed by atoms with Gasteiger partial charge in [0.05, 0.1) is 11.4 Å². The molecule has 8 aromatic rings. The first kappa shape index (κ1) is 45.4. The van der Waals surface area contributed by atoms with E-state index in [-0.39, 0.29) is 33.8 Å². The topological polar surface area (TPSA) is 9.72 Å². The number of para-hydroxylation sites is 2. The zero-order chi connectivity index (χ0) is 48.6. The van der Waals surface area contributed by atoms with Gasteiger partial charge in [-0.3, -0.25) is 0 Å². The van der Waals surface area contributed by atoms with Crippen LogP contribution in [0.5, 0.6) is 0 Å². The van der Waals surface area contributed by atoms with E-state index in [1.54, 1.807) is 0 Å². The lowest BCUT2D eigenvalue weighted by atomic mass is 9.36. The molecule has 0 N–H and O–H groups in total. The fourth-order valence-corrected chi connectivity index (χ4v) is 12.9. The Morgan fingerprint density at radius 3 is 1.59 bits per heavy atom. The Morgan fingerprint density at radius 1 is 0.478 bits per heavy atom. The van der Waals surface area contributed by atoms with E-state index in [0.717, 1.165) is 29.2 Å². The van der Waals surface area contributed by atoms with Crippen LogP contribution in [0.3, 0.4) is 0 Å². The summed E-state index contributed by atoms with van der Waals surface area (Å²) in [6, 6.07) is 58.5. The van der Waals surface area contributed by atoms with Crippen molar-refractivity contribution < 1.29 is 0 Å². The third-order valence-electron chi connectivity index (χ3n) is 15.8. The smallest absolute Gasteiger partial charge is 0.264 e. The van der Waals surface area contributed by atoms with Gasteiger partial charge in [0.25, 0.3) is 6.71 Å². The Bertz CT molecular complexity index is 3250. The number of nitrogens with zero attached hydrogens (tertiary/aromatic N) is 3. The molecule has 0 saturated carbocycles. The minimum Gasteiger partial charge on any atom is -0.311 e. The molecule has 0 saturated heterocycles. The molecule has 0 amide bonds. The summed E-state index contributed by atoms with van der Waals surface area (Å²) in [7, 11) is 0. The van der Waals surface area contributed by atoms with Crippen molar-refractivity contribution in [3.8, 4) is 0 Å². The predicted molar refractivity (Wildman–Crippen MR) is 302 cm³/mol. The first-order valence-electron chi connectivity index (χ1n) is 25.3. The lowest BCUT2D eigenvalue weighted by Gasteiger charge is -2.45. The molecule has 0 atom stereocenters. The van der Waals surface area contributed by atoms with Crippen molar-refractivity contribution >= 4 is 95.0 Å². The molecule has 5 heteroatoms. The normalized spacial score (nSPS) is 15.9. The van der Waals surface area contributed by atoms with Crippen LogP contribution in [0.4, 0.5) is 51.2 Å². The fraction of sp³-hybridized carbons (Fsp3) is 0.312. The van der Waals surface area contributed by atoms with E-state index in [0.29, 0.717) is 0 Å². The molecule has 348 valence electrons. The van der Waals surface area contributed by atoms with Crippen molar-refractivity contribution in [1.82, 2.24) is 0 Å². The summed E-state index contributed by atoms with van der Waals surface area (Å²) in [6.45, 7) is 30.8. The molecule has 1 aromatic heterocycles. The largest absolute Gasteiger partial charge is 0.311 e. The van der Waals surface area contributed by atoms with Gasteiger partial charge in [0.1, 0.15) is 0 Å². The minimum atomic E-state index is -0.0396. The van der Waals surface area contributed by atoms with Gasteiger partial charge in [-0.2, -0.15) is 0 Å². The van der Waals surface area contributed by atoms with Crippen molar-refractivity contribution in [3.05, 3.63) is 179 Å². The molecule has 11 rings (SSSR count). The lowest BCUT2D eigenvalue weighted by Crippen LogP contribution is -2.60. The van der Waals surface area contributed by atoms with Crippen LogP contribution in [-0.2, 0) is 27.1 Å². The highest BCUT2D eigenvalue weighted by atomic mass is 32.1. The van der Waals surface area contributed by atoms with Gasteiger partial charge in [-0.05, 0) is 151 Å². The molecular formula is C64H68BN3S. The molecule has 0 radical (unpaired) electrons. The Morgan fingerprint density at radius 2 is 1.00 bits per heavy atom. The van der Waals surface area contributed by atoms with Crippen LogP contribution < -0.4 is 30.4 Å². The number of anilines is 9. The second kappa shape index (κ2) is 15.7. The number of benzene rings is 7. The molecule has 0 bridgehead atoms. The number of hydrogen-bond donors (Lipinski definition) is 0. The molecule has 0 fully saturated rings. The van der Waals surface area contributed by atoms with Crippen LogP contribution in [0.15, 0.2) is 152 Å². The Balaban J connectivity index is 1.30. The molecule has 3 nitrogen and oxygen atoms in total. The molecule has 3 aliphatic rings.